The number of ether oxygens (including phenoxy) is 1. The lowest BCUT2D eigenvalue weighted by Gasteiger charge is -2.41. The molecular weight excluding hydrogens is 395 g/mol. The van der Waals surface area contributed by atoms with Crippen molar-refractivity contribution in [3.8, 4) is 11.1 Å². The van der Waals surface area contributed by atoms with Crippen molar-refractivity contribution in [1.82, 2.24) is 10.2 Å². The monoisotopic (exact) mass is 418 g/mol. The number of fused-ring (bicyclic) bond motifs is 2. The molecule has 2 fully saturated rings. The molecule has 2 amide bonds. The number of hydrogen-bond acceptors (Lipinski definition) is 3. The van der Waals surface area contributed by atoms with Crippen LogP contribution in [-0.2, 0) is 9.53 Å². The first-order valence-corrected chi connectivity index (χ1v) is 10.5. The summed E-state index contributed by atoms with van der Waals surface area (Å²) in [7, 11) is 0. The molecule has 31 heavy (non-hydrogen) atoms. The Bertz CT molecular complexity index is 1190. The van der Waals surface area contributed by atoms with E-state index < -0.39 is 0 Å². The third kappa shape index (κ3) is 3.57. The second-order valence-electron chi connectivity index (χ2n) is 8.23. The van der Waals surface area contributed by atoms with Gasteiger partial charge in [0.1, 0.15) is 12.4 Å². The highest BCUT2D eigenvalue weighted by Gasteiger charge is 2.36. The molecule has 0 saturated carbocycles. The molecule has 0 bridgehead atoms. The van der Waals surface area contributed by atoms with Gasteiger partial charge in [-0.05, 0) is 52.9 Å². The molecule has 6 heteroatoms. The van der Waals surface area contributed by atoms with Crippen LogP contribution in [0.4, 0.5) is 4.39 Å². The standard InChI is InChI=1S/C25H23FN2O3/c1-15-6-7-16(12-21(15)26)17-8-9-20(19-5-3-2-4-18(17)19)25(30)28-11-10-23-22(13-28)27-24(29)14-31-23/h2-9,12,22-23H,10-11,13-14H2,1H3,(H,27,29)/t22-,23+/m0/s1. The van der Waals surface area contributed by atoms with Gasteiger partial charge in [-0.3, -0.25) is 9.59 Å². The summed E-state index contributed by atoms with van der Waals surface area (Å²) in [5, 5.41) is 4.67. The van der Waals surface area contributed by atoms with Crippen LogP contribution in [0, 0.1) is 12.7 Å². The van der Waals surface area contributed by atoms with Gasteiger partial charge in [0.15, 0.2) is 0 Å². The van der Waals surface area contributed by atoms with Gasteiger partial charge in [-0.2, -0.15) is 0 Å². The van der Waals surface area contributed by atoms with Crippen LogP contribution in [0.3, 0.4) is 0 Å². The summed E-state index contributed by atoms with van der Waals surface area (Å²) < 4.78 is 19.8. The van der Waals surface area contributed by atoms with Crippen molar-refractivity contribution in [2.75, 3.05) is 19.7 Å². The zero-order chi connectivity index (χ0) is 21.5. The van der Waals surface area contributed by atoms with Gasteiger partial charge in [0.05, 0.1) is 12.1 Å². The number of rotatable bonds is 2. The second kappa shape index (κ2) is 7.78. The minimum atomic E-state index is -0.249. The smallest absolute Gasteiger partial charge is 0.254 e. The molecule has 5 rings (SSSR count). The summed E-state index contributed by atoms with van der Waals surface area (Å²) in [6.07, 6.45) is 0.646. The van der Waals surface area contributed by atoms with Crippen LogP contribution in [-0.4, -0.2) is 48.6 Å². The first-order valence-electron chi connectivity index (χ1n) is 10.5. The largest absolute Gasteiger partial charge is 0.366 e. The van der Waals surface area contributed by atoms with Crippen molar-refractivity contribution in [3.63, 3.8) is 0 Å². The van der Waals surface area contributed by atoms with E-state index in [2.05, 4.69) is 5.32 Å². The molecule has 2 heterocycles. The Morgan fingerprint density at radius 1 is 1.13 bits per heavy atom. The highest BCUT2D eigenvalue weighted by atomic mass is 19.1. The van der Waals surface area contributed by atoms with Crippen LogP contribution in [0.25, 0.3) is 21.9 Å². The van der Waals surface area contributed by atoms with Gasteiger partial charge in [0.2, 0.25) is 5.91 Å². The fourth-order valence-corrected chi connectivity index (χ4v) is 4.55. The number of likely N-dealkylation sites (tertiary alicyclic amines) is 1. The number of nitrogens with one attached hydrogen (secondary N) is 1. The van der Waals surface area contributed by atoms with E-state index in [4.69, 9.17) is 4.74 Å². The molecule has 0 radical (unpaired) electrons. The van der Waals surface area contributed by atoms with Gasteiger partial charge in [0.25, 0.3) is 5.91 Å². The first kappa shape index (κ1) is 19.7. The Morgan fingerprint density at radius 2 is 1.94 bits per heavy atom. The topological polar surface area (TPSA) is 58.6 Å². The number of hydrogen-bond donors (Lipinski definition) is 1. The van der Waals surface area contributed by atoms with Gasteiger partial charge in [-0.15, -0.1) is 0 Å². The number of amides is 2. The van der Waals surface area contributed by atoms with Crippen LogP contribution in [0.2, 0.25) is 0 Å². The normalized spacial score (nSPS) is 21.0. The third-order valence-electron chi connectivity index (χ3n) is 6.25. The molecule has 2 aliphatic heterocycles. The number of benzene rings is 3. The van der Waals surface area contributed by atoms with Crippen molar-refractivity contribution in [2.24, 2.45) is 0 Å². The summed E-state index contributed by atoms with van der Waals surface area (Å²) in [6, 6.07) is 16.4. The number of morpholine rings is 1. The Hall–Kier alpha value is -3.25. The average molecular weight is 418 g/mol. The second-order valence-corrected chi connectivity index (χ2v) is 8.23. The summed E-state index contributed by atoms with van der Waals surface area (Å²) in [5.74, 6) is -0.465. The minimum absolute atomic E-state index is 0.0442. The van der Waals surface area contributed by atoms with Crippen LogP contribution in [0.1, 0.15) is 22.3 Å². The summed E-state index contributed by atoms with van der Waals surface area (Å²) >= 11 is 0. The fraction of sp³-hybridized carbons (Fsp3) is 0.280. The van der Waals surface area contributed by atoms with E-state index in [1.165, 1.54) is 6.07 Å². The van der Waals surface area contributed by atoms with Crippen molar-refractivity contribution in [1.29, 1.82) is 0 Å². The molecule has 1 N–H and O–H groups in total. The Labute approximate surface area is 179 Å². The molecule has 2 aliphatic rings. The molecule has 3 aromatic carbocycles. The van der Waals surface area contributed by atoms with Gasteiger partial charge < -0.3 is 15.0 Å². The van der Waals surface area contributed by atoms with Gasteiger partial charge >= 0.3 is 0 Å². The molecular formula is C25H23FN2O3. The summed E-state index contributed by atoms with van der Waals surface area (Å²) in [6.45, 7) is 2.83. The third-order valence-corrected chi connectivity index (χ3v) is 6.25. The van der Waals surface area contributed by atoms with Crippen molar-refractivity contribution in [2.45, 2.75) is 25.5 Å². The quantitative estimate of drug-likeness (QED) is 0.691. The lowest BCUT2D eigenvalue weighted by Crippen LogP contribution is -2.61. The summed E-state index contributed by atoms with van der Waals surface area (Å²) in [5.41, 5.74) is 2.87. The Morgan fingerprint density at radius 3 is 2.74 bits per heavy atom. The maximum Gasteiger partial charge on any atom is 0.254 e. The molecule has 5 nitrogen and oxygen atoms in total. The summed E-state index contributed by atoms with van der Waals surface area (Å²) in [4.78, 5) is 26.9. The molecule has 0 spiro atoms. The molecule has 2 atom stereocenters. The zero-order valence-electron chi connectivity index (χ0n) is 17.2. The Balaban J connectivity index is 1.50. The van der Waals surface area contributed by atoms with Crippen LogP contribution in [0.5, 0.6) is 0 Å². The highest BCUT2D eigenvalue weighted by molar-refractivity contribution is 6.11. The number of aryl methyl sites for hydroxylation is 1. The van der Waals surface area contributed by atoms with E-state index >= 15 is 0 Å². The highest BCUT2D eigenvalue weighted by Crippen LogP contribution is 2.33. The molecule has 3 aromatic rings. The van der Waals surface area contributed by atoms with Crippen molar-refractivity contribution < 1.29 is 18.7 Å². The maximum atomic E-state index is 14.2. The minimum Gasteiger partial charge on any atom is -0.366 e. The van der Waals surface area contributed by atoms with Gasteiger partial charge in [0, 0.05) is 18.7 Å². The molecule has 0 unspecified atom stereocenters. The lowest BCUT2D eigenvalue weighted by molar-refractivity contribution is -0.139. The van der Waals surface area contributed by atoms with E-state index in [9.17, 15) is 14.0 Å². The van der Waals surface area contributed by atoms with E-state index in [0.29, 0.717) is 30.6 Å². The van der Waals surface area contributed by atoms with Crippen LogP contribution >= 0.6 is 0 Å². The van der Waals surface area contributed by atoms with E-state index in [1.807, 2.05) is 42.5 Å². The molecule has 158 valence electrons. The number of nitrogens with zero attached hydrogens (tertiary/aromatic N) is 1. The average Bonchev–Trinajstić information content (AvgIpc) is 2.79. The van der Waals surface area contributed by atoms with Crippen LogP contribution in [0.15, 0.2) is 54.6 Å². The molecule has 0 aromatic heterocycles. The molecule has 0 aliphatic carbocycles. The van der Waals surface area contributed by atoms with Gasteiger partial charge in [-0.1, -0.05) is 42.5 Å². The Kier molecular flexibility index (Phi) is 4.94. The van der Waals surface area contributed by atoms with E-state index in [1.54, 1.807) is 17.9 Å². The number of carbonyl (C=O) groups is 2. The zero-order valence-corrected chi connectivity index (χ0v) is 17.2. The fourth-order valence-electron chi connectivity index (χ4n) is 4.55. The van der Waals surface area contributed by atoms with E-state index in [0.717, 1.165) is 21.9 Å². The van der Waals surface area contributed by atoms with E-state index in [-0.39, 0.29) is 36.4 Å². The maximum absolute atomic E-state index is 14.2. The number of carbonyl (C=O) groups excluding carboxylic acids is 2. The predicted octanol–water partition coefficient (Wildman–Crippen LogP) is 3.68. The van der Waals surface area contributed by atoms with Crippen LogP contribution < -0.4 is 5.32 Å². The van der Waals surface area contributed by atoms with Crippen molar-refractivity contribution in [3.05, 3.63) is 71.5 Å². The first-order chi connectivity index (χ1) is 15.0. The van der Waals surface area contributed by atoms with Gasteiger partial charge in [-0.25, -0.2) is 4.39 Å². The SMILES string of the molecule is Cc1ccc(-c2ccc(C(=O)N3CC[C@H]4OCC(=O)N[C@H]4C3)c3ccccc23)cc1F. The molecule has 2 saturated heterocycles. The van der Waals surface area contributed by atoms with Crippen molar-refractivity contribution >= 4 is 22.6 Å². The number of halogens is 1. The number of piperidine rings is 1. The lowest BCUT2D eigenvalue weighted by atomic mass is 9.93. The predicted molar refractivity (Wildman–Crippen MR) is 116 cm³/mol.